The molecule has 0 aromatic heterocycles. The summed E-state index contributed by atoms with van der Waals surface area (Å²) in [6.45, 7) is 5.52. The minimum absolute atomic E-state index is 0.0263. The van der Waals surface area contributed by atoms with Gasteiger partial charge in [0.1, 0.15) is 0 Å². The molecule has 1 fully saturated rings. The molecule has 1 heterocycles. The summed E-state index contributed by atoms with van der Waals surface area (Å²) in [5, 5.41) is 2.92. The number of rotatable bonds is 7. The van der Waals surface area contributed by atoms with Crippen LogP contribution in [0.2, 0.25) is 0 Å². The fourth-order valence-electron chi connectivity index (χ4n) is 3.65. The third kappa shape index (κ3) is 5.94. The highest BCUT2D eigenvalue weighted by atomic mass is 16.5. The first-order chi connectivity index (χ1) is 15.0. The van der Waals surface area contributed by atoms with Gasteiger partial charge in [-0.1, -0.05) is 31.5 Å². The van der Waals surface area contributed by atoms with Crippen LogP contribution in [-0.2, 0) is 9.53 Å². The smallest absolute Gasteiger partial charge is 0.338 e. The normalized spacial score (nSPS) is 14.2. The third-order valence-corrected chi connectivity index (χ3v) is 5.65. The predicted molar refractivity (Wildman–Crippen MR) is 120 cm³/mol. The second-order valence-electron chi connectivity index (χ2n) is 7.94. The first-order valence-corrected chi connectivity index (χ1v) is 10.9. The second kappa shape index (κ2) is 10.8. The molecule has 6 heteroatoms. The largest absolute Gasteiger partial charge is 0.462 e. The van der Waals surface area contributed by atoms with Gasteiger partial charge in [-0.15, -0.1) is 0 Å². The number of likely N-dealkylation sites (tertiary alicyclic amines) is 1. The summed E-state index contributed by atoms with van der Waals surface area (Å²) < 4.78 is 5.19. The maximum atomic E-state index is 12.7. The van der Waals surface area contributed by atoms with Crippen molar-refractivity contribution >= 4 is 23.5 Å². The summed E-state index contributed by atoms with van der Waals surface area (Å²) in [7, 11) is 0. The number of esters is 1. The second-order valence-corrected chi connectivity index (χ2v) is 7.94. The molecule has 0 saturated carbocycles. The highest BCUT2D eigenvalue weighted by Gasteiger charge is 2.28. The van der Waals surface area contributed by atoms with Crippen molar-refractivity contribution in [3.05, 3.63) is 65.2 Å². The topological polar surface area (TPSA) is 75.7 Å². The number of nitrogens with one attached hydrogen (secondary N) is 1. The monoisotopic (exact) mass is 422 g/mol. The lowest BCUT2D eigenvalue weighted by atomic mass is 9.95. The Labute approximate surface area is 183 Å². The molecule has 1 aliphatic heterocycles. The van der Waals surface area contributed by atoms with Gasteiger partial charge >= 0.3 is 5.97 Å². The molecule has 0 atom stereocenters. The summed E-state index contributed by atoms with van der Waals surface area (Å²) in [6, 6.07) is 14.3. The Kier molecular flexibility index (Phi) is 7.82. The number of piperidine rings is 1. The predicted octanol–water partition coefficient (Wildman–Crippen LogP) is 4.44. The molecule has 2 amide bonds. The summed E-state index contributed by atoms with van der Waals surface area (Å²) >= 11 is 0. The molecule has 0 unspecified atom stereocenters. The standard InChI is InChI=1S/C25H30N2O4/c1-3-4-17-31-25(30)20-9-11-21(12-10-20)26-23(28)19-13-15-27(16-14-19)24(29)22-8-6-5-7-18(22)2/h5-12,19H,3-4,13-17H2,1-2H3,(H,26,28). The zero-order valence-electron chi connectivity index (χ0n) is 18.2. The molecule has 0 aliphatic carbocycles. The quantitative estimate of drug-likeness (QED) is 0.529. The molecule has 0 bridgehead atoms. The van der Waals surface area contributed by atoms with E-state index in [9.17, 15) is 14.4 Å². The molecule has 31 heavy (non-hydrogen) atoms. The molecule has 1 saturated heterocycles. The van der Waals surface area contributed by atoms with Gasteiger partial charge in [0.25, 0.3) is 5.91 Å². The molecule has 1 aliphatic rings. The Bertz CT molecular complexity index is 915. The number of unbranched alkanes of at least 4 members (excludes halogenated alkanes) is 1. The first-order valence-electron chi connectivity index (χ1n) is 10.9. The van der Waals surface area contributed by atoms with Crippen molar-refractivity contribution in [3.63, 3.8) is 0 Å². The molecule has 0 spiro atoms. The van der Waals surface area contributed by atoms with E-state index in [1.54, 1.807) is 24.3 Å². The number of nitrogens with zero attached hydrogens (tertiary/aromatic N) is 1. The number of aryl methyl sites for hydroxylation is 1. The SMILES string of the molecule is CCCCOC(=O)c1ccc(NC(=O)C2CCN(C(=O)c3ccccc3C)CC2)cc1. The van der Waals surface area contributed by atoms with Gasteiger partial charge in [0.15, 0.2) is 0 Å². The van der Waals surface area contributed by atoms with Gasteiger partial charge in [-0.05, 0) is 62.1 Å². The Morgan fingerprint density at radius 3 is 2.35 bits per heavy atom. The summed E-state index contributed by atoms with van der Waals surface area (Å²) in [4.78, 5) is 39.2. The Morgan fingerprint density at radius 2 is 1.71 bits per heavy atom. The maximum Gasteiger partial charge on any atom is 0.338 e. The van der Waals surface area contributed by atoms with Gasteiger partial charge in [-0.2, -0.15) is 0 Å². The van der Waals surface area contributed by atoms with Crippen molar-refractivity contribution in [3.8, 4) is 0 Å². The number of carbonyl (C=O) groups is 3. The van der Waals surface area contributed by atoms with E-state index in [0.717, 1.165) is 24.0 Å². The number of hydrogen-bond acceptors (Lipinski definition) is 4. The number of ether oxygens (including phenoxy) is 1. The molecule has 0 radical (unpaired) electrons. The lowest BCUT2D eigenvalue weighted by Crippen LogP contribution is -2.41. The molecule has 2 aromatic carbocycles. The fourth-order valence-corrected chi connectivity index (χ4v) is 3.65. The van der Waals surface area contributed by atoms with Gasteiger partial charge in [-0.25, -0.2) is 4.79 Å². The van der Waals surface area contributed by atoms with Crippen LogP contribution in [0.4, 0.5) is 5.69 Å². The van der Waals surface area contributed by atoms with Crippen LogP contribution in [0.5, 0.6) is 0 Å². The van der Waals surface area contributed by atoms with Crippen LogP contribution < -0.4 is 5.32 Å². The number of benzene rings is 2. The molecule has 164 valence electrons. The Morgan fingerprint density at radius 1 is 1.03 bits per heavy atom. The summed E-state index contributed by atoms with van der Waals surface area (Å²) in [5.41, 5.74) is 2.80. The minimum Gasteiger partial charge on any atom is -0.462 e. The van der Waals surface area contributed by atoms with Crippen LogP contribution >= 0.6 is 0 Å². The van der Waals surface area contributed by atoms with Crippen molar-refractivity contribution in [1.82, 2.24) is 4.90 Å². The van der Waals surface area contributed by atoms with Crippen LogP contribution in [-0.4, -0.2) is 42.4 Å². The number of hydrogen-bond donors (Lipinski definition) is 1. The zero-order valence-corrected chi connectivity index (χ0v) is 18.2. The van der Waals surface area contributed by atoms with Crippen molar-refractivity contribution < 1.29 is 19.1 Å². The summed E-state index contributed by atoms with van der Waals surface area (Å²) in [6.07, 6.45) is 3.07. The molecular formula is C25H30N2O4. The van der Waals surface area contributed by atoms with Crippen LogP contribution in [0.1, 0.15) is 58.9 Å². The lowest BCUT2D eigenvalue weighted by molar-refractivity contribution is -0.121. The van der Waals surface area contributed by atoms with Crippen molar-refractivity contribution in [2.45, 2.75) is 39.5 Å². The van der Waals surface area contributed by atoms with Gasteiger partial charge in [0, 0.05) is 30.3 Å². The average Bonchev–Trinajstić information content (AvgIpc) is 2.79. The third-order valence-electron chi connectivity index (χ3n) is 5.65. The minimum atomic E-state index is -0.350. The van der Waals surface area contributed by atoms with Gasteiger partial charge < -0.3 is 15.0 Å². The zero-order chi connectivity index (χ0) is 22.2. The Hall–Kier alpha value is -3.15. The van der Waals surface area contributed by atoms with Crippen molar-refractivity contribution in [2.24, 2.45) is 5.92 Å². The average molecular weight is 423 g/mol. The number of amides is 2. The summed E-state index contributed by atoms with van der Waals surface area (Å²) in [5.74, 6) is -0.517. The Balaban J connectivity index is 1.49. The van der Waals surface area contributed by atoms with E-state index in [-0.39, 0.29) is 23.7 Å². The molecule has 3 rings (SSSR count). The van der Waals surface area contributed by atoms with E-state index in [1.807, 2.05) is 43.0 Å². The van der Waals surface area contributed by atoms with Crippen molar-refractivity contribution in [2.75, 3.05) is 25.0 Å². The van der Waals surface area contributed by atoms with E-state index < -0.39 is 0 Å². The van der Waals surface area contributed by atoms with Gasteiger partial charge in [-0.3, -0.25) is 9.59 Å². The van der Waals surface area contributed by atoms with Crippen molar-refractivity contribution in [1.29, 1.82) is 0 Å². The van der Waals surface area contributed by atoms with E-state index in [0.29, 0.717) is 43.8 Å². The van der Waals surface area contributed by atoms with Crippen LogP contribution in [0, 0.1) is 12.8 Å². The van der Waals surface area contributed by atoms with Crippen LogP contribution in [0.15, 0.2) is 48.5 Å². The molecule has 6 nitrogen and oxygen atoms in total. The van der Waals surface area contributed by atoms with E-state index in [1.165, 1.54) is 0 Å². The number of carbonyl (C=O) groups excluding carboxylic acids is 3. The molecular weight excluding hydrogens is 392 g/mol. The lowest BCUT2D eigenvalue weighted by Gasteiger charge is -2.31. The highest BCUT2D eigenvalue weighted by molar-refractivity contribution is 5.96. The van der Waals surface area contributed by atoms with E-state index in [4.69, 9.17) is 4.74 Å². The molecule has 2 aromatic rings. The van der Waals surface area contributed by atoms with Gasteiger partial charge in [0.2, 0.25) is 5.91 Å². The number of anilines is 1. The fraction of sp³-hybridized carbons (Fsp3) is 0.400. The first kappa shape index (κ1) is 22.5. The van der Waals surface area contributed by atoms with Crippen LogP contribution in [0.25, 0.3) is 0 Å². The maximum absolute atomic E-state index is 12.7. The molecule has 1 N–H and O–H groups in total. The van der Waals surface area contributed by atoms with Gasteiger partial charge in [0.05, 0.1) is 12.2 Å². The highest BCUT2D eigenvalue weighted by Crippen LogP contribution is 2.22. The van der Waals surface area contributed by atoms with E-state index in [2.05, 4.69) is 5.32 Å². The van der Waals surface area contributed by atoms with E-state index >= 15 is 0 Å². The van der Waals surface area contributed by atoms with Crippen LogP contribution in [0.3, 0.4) is 0 Å².